The molecule has 0 radical (unpaired) electrons. The van der Waals surface area contributed by atoms with E-state index in [1.165, 1.54) is 35.8 Å². The molecule has 8 rings (SSSR count). The Hall–Kier alpha value is -4.76. The average molecular weight is 942 g/mol. The SMILES string of the molecule is CN1CCN(c2c(F)cc3c(=O)c(C(=O)O)cn4c3c2SCC4)CC1.Cl.O=C(O)C1=C(CSc2nnnn2CS(=O)(=O)O)CS[C@@H]2[C@H](NC(=O)[C@H](O)c3ccccc3)C(=O)N12. The number of hydrogen-bond acceptors (Lipinski definition) is 16. The molecule has 3 atom stereocenters. The van der Waals surface area contributed by atoms with Crippen LogP contribution < -0.4 is 15.6 Å². The second kappa shape index (κ2) is 18.7. The molecule has 2 aromatic heterocycles. The fraction of sp³-hybridized carbons (Fsp3) is 0.371. The highest BCUT2D eigenvalue weighted by molar-refractivity contribution is 8.01. The Bertz CT molecular complexity index is 2590. The molecular weight excluding hydrogens is 905 g/mol. The topological polar surface area (TPSA) is 271 Å². The quantitative estimate of drug-likeness (QED) is 0.0803. The zero-order valence-electron chi connectivity index (χ0n) is 31.8. The lowest BCUT2D eigenvalue weighted by Crippen LogP contribution is -2.70. The number of fused-ring (bicyclic) bond motifs is 1. The number of piperazine rings is 1. The van der Waals surface area contributed by atoms with Gasteiger partial charge < -0.3 is 35.0 Å². The van der Waals surface area contributed by atoms with Gasteiger partial charge in [-0.15, -0.1) is 41.0 Å². The number of aromatic carboxylic acids is 1. The molecule has 4 aliphatic rings. The predicted molar refractivity (Wildman–Crippen MR) is 224 cm³/mol. The third-order valence-corrected chi connectivity index (χ3v) is 14.0. The van der Waals surface area contributed by atoms with Crippen LogP contribution in [0.1, 0.15) is 22.0 Å². The average Bonchev–Trinajstić information content (AvgIpc) is 3.65. The van der Waals surface area contributed by atoms with Crippen LogP contribution in [0.25, 0.3) is 10.9 Å². The van der Waals surface area contributed by atoms with Gasteiger partial charge in [0.25, 0.3) is 21.9 Å². The van der Waals surface area contributed by atoms with Crippen LogP contribution >= 0.6 is 47.7 Å². The number of likely N-dealkylation sites (N-methyl/N-ethyl adjacent to an activating group) is 1. The van der Waals surface area contributed by atoms with Gasteiger partial charge in [-0.25, -0.2) is 18.7 Å². The van der Waals surface area contributed by atoms with Crippen LogP contribution in [-0.4, -0.2) is 149 Å². The minimum absolute atomic E-state index is 0. The highest BCUT2D eigenvalue weighted by Gasteiger charge is 2.54. The van der Waals surface area contributed by atoms with E-state index < -0.39 is 68.5 Å². The van der Waals surface area contributed by atoms with Gasteiger partial charge in [-0.05, 0) is 34.7 Å². The minimum Gasteiger partial charge on any atom is -0.477 e. The molecule has 20 nitrogen and oxygen atoms in total. The Morgan fingerprint density at radius 3 is 2.43 bits per heavy atom. The summed E-state index contributed by atoms with van der Waals surface area (Å²) in [6.45, 7) is 3.76. The fourth-order valence-electron chi connectivity index (χ4n) is 7.03. The molecule has 4 aromatic rings. The number of rotatable bonds is 11. The normalized spacial score (nSPS) is 19.2. The number of aliphatic carboxylic acids is 1. The number of aryl methyl sites for hydroxylation is 1. The Morgan fingerprint density at radius 1 is 1.07 bits per heavy atom. The van der Waals surface area contributed by atoms with Crippen molar-refractivity contribution in [1.82, 2.24) is 39.9 Å². The minimum atomic E-state index is -4.40. The number of nitrogens with one attached hydrogen (secondary N) is 1. The molecule has 2 saturated heterocycles. The van der Waals surface area contributed by atoms with Crippen molar-refractivity contribution in [2.24, 2.45) is 0 Å². The molecule has 0 unspecified atom stereocenters. The molecular formula is C35H37ClFN9O11S4. The van der Waals surface area contributed by atoms with Crippen LogP contribution in [0, 0.1) is 5.82 Å². The molecule has 326 valence electrons. The maximum Gasteiger partial charge on any atom is 0.352 e. The number of carbonyl (C=O) groups excluding carboxylic acids is 2. The molecule has 4 aliphatic heterocycles. The number of hydrogen-bond donors (Lipinski definition) is 5. The summed E-state index contributed by atoms with van der Waals surface area (Å²) >= 11 is 3.71. The first-order valence-electron chi connectivity index (χ1n) is 18.0. The number of tetrazole rings is 1. The van der Waals surface area contributed by atoms with E-state index in [-0.39, 0.29) is 45.7 Å². The van der Waals surface area contributed by atoms with E-state index in [1.54, 1.807) is 34.9 Å². The smallest absolute Gasteiger partial charge is 0.352 e. The molecule has 2 fully saturated rings. The molecule has 2 aromatic carbocycles. The van der Waals surface area contributed by atoms with Crippen molar-refractivity contribution in [3.63, 3.8) is 0 Å². The van der Waals surface area contributed by atoms with Gasteiger partial charge in [-0.1, -0.05) is 42.1 Å². The van der Waals surface area contributed by atoms with Crippen molar-refractivity contribution in [2.75, 3.05) is 55.4 Å². The monoisotopic (exact) mass is 941 g/mol. The molecule has 0 bridgehead atoms. The van der Waals surface area contributed by atoms with Crippen molar-refractivity contribution in [3.05, 3.63) is 81.0 Å². The van der Waals surface area contributed by atoms with Crippen LogP contribution in [0.3, 0.4) is 0 Å². The summed E-state index contributed by atoms with van der Waals surface area (Å²) in [6.07, 6.45) is -0.0937. The first-order chi connectivity index (χ1) is 28.5. The summed E-state index contributed by atoms with van der Waals surface area (Å²) in [6, 6.07) is 8.38. The number of halogens is 2. The van der Waals surface area contributed by atoms with E-state index in [0.29, 0.717) is 34.6 Å². The van der Waals surface area contributed by atoms with Crippen LogP contribution in [-0.2, 0) is 36.9 Å². The number of pyridine rings is 1. The molecule has 6 heterocycles. The van der Waals surface area contributed by atoms with Gasteiger partial charge in [0.2, 0.25) is 10.6 Å². The van der Waals surface area contributed by atoms with E-state index in [2.05, 4.69) is 25.7 Å². The molecule has 0 spiro atoms. The summed E-state index contributed by atoms with van der Waals surface area (Å²) in [4.78, 5) is 67.1. The van der Waals surface area contributed by atoms with Crippen LogP contribution in [0.5, 0.6) is 0 Å². The zero-order valence-corrected chi connectivity index (χ0v) is 35.9. The van der Waals surface area contributed by atoms with Crippen molar-refractivity contribution in [1.29, 1.82) is 0 Å². The van der Waals surface area contributed by atoms with E-state index >= 15 is 0 Å². The second-order valence-corrected chi connectivity index (χ2v) is 18.4. The van der Waals surface area contributed by atoms with Crippen molar-refractivity contribution in [2.45, 2.75) is 40.0 Å². The largest absolute Gasteiger partial charge is 0.477 e. The number of carboxylic acid groups (broad SMARTS) is 2. The number of carbonyl (C=O) groups is 4. The Morgan fingerprint density at radius 2 is 1.77 bits per heavy atom. The number of β-lactam (4-membered cyclic amide) rings is 1. The van der Waals surface area contributed by atoms with Crippen molar-refractivity contribution < 1.29 is 51.9 Å². The van der Waals surface area contributed by atoms with E-state index in [1.807, 2.05) is 11.9 Å². The van der Waals surface area contributed by atoms with Gasteiger partial charge in [-0.3, -0.25) is 23.8 Å². The number of nitrogens with zero attached hydrogens (tertiary/aromatic N) is 8. The number of benzene rings is 2. The first kappa shape index (κ1) is 45.8. The van der Waals surface area contributed by atoms with Crippen molar-refractivity contribution in [3.8, 4) is 0 Å². The summed E-state index contributed by atoms with van der Waals surface area (Å²) in [5.41, 5.74) is 0.750. The third kappa shape index (κ3) is 9.52. The summed E-state index contributed by atoms with van der Waals surface area (Å²) in [5, 5.41) is 41.8. The van der Waals surface area contributed by atoms with Crippen LogP contribution in [0.4, 0.5) is 10.1 Å². The highest BCUT2D eigenvalue weighted by atomic mass is 35.5. The molecule has 0 aliphatic carbocycles. The predicted octanol–water partition coefficient (Wildman–Crippen LogP) is 1.20. The number of aliphatic hydroxyl groups is 1. The lowest BCUT2D eigenvalue weighted by molar-refractivity contribution is -0.151. The first-order valence-corrected chi connectivity index (χ1v) is 22.6. The lowest BCUT2D eigenvalue weighted by atomic mass is 10.0. The maximum absolute atomic E-state index is 15.0. The van der Waals surface area contributed by atoms with E-state index in [4.69, 9.17) is 4.55 Å². The van der Waals surface area contributed by atoms with E-state index in [9.17, 15) is 52.1 Å². The molecule has 2 amide bonds. The number of anilines is 1. The molecule has 61 heavy (non-hydrogen) atoms. The molecule has 26 heteroatoms. The van der Waals surface area contributed by atoms with Gasteiger partial charge in [-0.2, -0.15) is 8.42 Å². The number of aliphatic hydroxyl groups excluding tert-OH is 1. The van der Waals surface area contributed by atoms with Crippen molar-refractivity contribution >= 4 is 98.2 Å². The molecule has 5 N–H and O–H groups in total. The van der Waals surface area contributed by atoms with Crippen LogP contribution in [0.2, 0.25) is 0 Å². The lowest BCUT2D eigenvalue weighted by Gasteiger charge is -2.49. The Balaban J connectivity index is 0.000000211. The summed E-state index contributed by atoms with van der Waals surface area (Å²) < 4.78 is 48.8. The Labute approximate surface area is 364 Å². The number of thioether (sulfide) groups is 3. The number of carboxylic acids is 2. The standard InChI is InChI=1S/C18H18N6O8S3.C17H18FN3O3S.ClH/c25-13(9-4-2-1-3-5-9)14(26)19-11-15(27)24-12(17(28)29)10(6-33-16(11)24)7-34-18-20-21-22-23(18)8-35(30,31)32;1-19-2-4-20(5-3-19)14-12(18)8-10-13-16(14)25-7-6-21(13)9-11(15(10)22)17(23)24;/h1-5,11,13,16,25H,6-8H2,(H,19,26)(H,28,29)(H,30,31,32);8-9H,2-7H2,1H3,(H,23,24);1H/t11-,13-,16-;;/m1../s1. The van der Waals surface area contributed by atoms with Gasteiger partial charge in [0, 0.05) is 56.2 Å². The summed E-state index contributed by atoms with van der Waals surface area (Å²) in [5.74, 6) is -4.40. The number of amides is 2. The zero-order chi connectivity index (χ0) is 43.0. The van der Waals surface area contributed by atoms with Gasteiger partial charge in [0.15, 0.2) is 12.0 Å². The third-order valence-electron chi connectivity index (χ3n) is 9.94. The van der Waals surface area contributed by atoms with Gasteiger partial charge in [0.05, 0.1) is 21.5 Å². The van der Waals surface area contributed by atoms with E-state index in [0.717, 1.165) is 52.4 Å². The van der Waals surface area contributed by atoms with Gasteiger partial charge >= 0.3 is 11.9 Å². The second-order valence-electron chi connectivity index (χ2n) is 13.9. The highest BCUT2D eigenvalue weighted by Crippen LogP contribution is 2.43. The fourth-order valence-corrected chi connectivity index (χ4v) is 11.2. The Kier molecular flexibility index (Phi) is 14.0. The van der Waals surface area contributed by atoms with Crippen LogP contribution in [0.15, 0.2) is 68.7 Å². The molecule has 0 saturated carbocycles. The maximum atomic E-state index is 15.0. The summed E-state index contributed by atoms with van der Waals surface area (Å²) in [7, 11) is -2.36. The van der Waals surface area contributed by atoms with Gasteiger partial charge in [0.1, 0.15) is 28.5 Å². The number of aromatic nitrogens is 5.